The maximum atomic E-state index is 13.7. The van der Waals surface area contributed by atoms with Crippen LogP contribution in [-0.4, -0.2) is 24.1 Å². The first-order valence-electron chi connectivity index (χ1n) is 8.11. The highest BCUT2D eigenvalue weighted by Crippen LogP contribution is 2.33. The number of oxazole rings is 1. The van der Waals surface area contributed by atoms with Crippen molar-refractivity contribution in [3.8, 4) is 0 Å². The third-order valence-electron chi connectivity index (χ3n) is 4.41. The number of hydrogen-bond acceptors (Lipinski definition) is 4. The molecule has 128 valence electrons. The second-order valence-corrected chi connectivity index (χ2v) is 6.38. The number of nitrogens with one attached hydrogen (secondary N) is 1. The Kier molecular flexibility index (Phi) is 4.66. The molecule has 24 heavy (non-hydrogen) atoms. The minimum Gasteiger partial charge on any atom is -0.447 e. The van der Waals surface area contributed by atoms with Gasteiger partial charge < -0.3 is 14.5 Å². The van der Waals surface area contributed by atoms with Crippen LogP contribution in [0.1, 0.15) is 54.4 Å². The van der Waals surface area contributed by atoms with E-state index in [4.69, 9.17) is 9.15 Å². The molecule has 0 spiro atoms. The van der Waals surface area contributed by atoms with Crippen molar-refractivity contribution in [2.75, 3.05) is 13.2 Å². The lowest BCUT2D eigenvalue weighted by Crippen LogP contribution is -2.49. The molecule has 0 atom stereocenters. The highest BCUT2D eigenvalue weighted by atomic mass is 19.1. The Hall–Kier alpha value is -2.21. The number of benzene rings is 1. The lowest BCUT2D eigenvalue weighted by atomic mass is 9.82. The Morgan fingerprint density at radius 2 is 2.08 bits per heavy atom. The maximum absolute atomic E-state index is 13.7. The first-order chi connectivity index (χ1) is 11.5. The Bertz CT molecular complexity index is 721. The van der Waals surface area contributed by atoms with Gasteiger partial charge in [-0.2, -0.15) is 0 Å². The van der Waals surface area contributed by atoms with Crippen molar-refractivity contribution in [2.45, 2.75) is 38.1 Å². The summed E-state index contributed by atoms with van der Waals surface area (Å²) in [4.78, 5) is 16.9. The van der Waals surface area contributed by atoms with E-state index in [0.29, 0.717) is 31.8 Å². The Balaban J connectivity index is 1.92. The van der Waals surface area contributed by atoms with Crippen molar-refractivity contribution in [1.82, 2.24) is 10.3 Å². The highest BCUT2D eigenvalue weighted by Gasteiger charge is 2.37. The molecule has 0 radical (unpaired) electrons. The second-order valence-electron chi connectivity index (χ2n) is 6.38. The zero-order chi connectivity index (χ0) is 17.2. The average molecular weight is 332 g/mol. The van der Waals surface area contributed by atoms with Gasteiger partial charge in [0.2, 0.25) is 0 Å². The highest BCUT2D eigenvalue weighted by molar-refractivity contribution is 5.94. The van der Waals surface area contributed by atoms with Crippen LogP contribution in [0.5, 0.6) is 0 Å². The van der Waals surface area contributed by atoms with Gasteiger partial charge >= 0.3 is 0 Å². The molecule has 1 aromatic carbocycles. The van der Waals surface area contributed by atoms with Crippen LogP contribution in [0.2, 0.25) is 0 Å². The number of aromatic nitrogens is 1. The number of hydrogen-bond donors (Lipinski definition) is 1. The molecule has 2 heterocycles. The van der Waals surface area contributed by atoms with E-state index in [2.05, 4.69) is 10.3 Å². The molecular formula is C18H21FN2O3. The van der Waals surface area contributed by atoms with Crippen molar-refractivity contribution in [2.24, 2.45) is 0 Å². The number of amides is 1. The van der Waals surface area contributed by atoms with Crippen LogP contribution in [0.25, 0.3) is 0 Å². The molecule has 3 rings (SSSR count). The molecule has 0 aliphatic carbocycles. The van der Waals surface area contributed by atoms with Gasteiger partial charge in [0.15, 0.2) is 12.1 Å². The summed E-state index contributed by atoms with van der Waals surface area (Å²) in [5, 5.41) is 3.07. The fraction of sp³-hybridized carbons (Fsp3) is 0.444. The molecule has 6 heteroatoms. The number of halogens is 1. The van der Waals surface area contributed by atoms with E-state index in [0.717, 1.165) is 5.56 Å². The van der Waals surface area contributed by atoms with E-state index in [1.807, 2.05) is 19.9 Å². The van der Waals surface area contributed by atoms with Gasteiger partial charge in [-0.25, -0.2) is 9.37 Å². The maximum Gasteiger partial charge on any atom is 0.274 e. The van der Waals surface area contributed by atoms with Crippen molar-refractivity contribution >= 4 is 5.91 Å². The molecule has 1 aliphatic heterocycles. The Labute approximate surface area is 140 Å². The zero-order valence-electron chi connectivity index (χ0n) is 13.8. The second kappa shape index (κ2) is 6.73. The predicted molar refractivity (Wildman–Crippen MR) is 86.2 cm³/mol. The number of rotatable bonds is 4. The van der Waals surface area contributed by atoms with Gasteiger partial charge in [0.05, 0.1) is 5.54 Å². The van der Waals surface area contributed by atoms with E-state index in [1.165, 1.54) is 18.5 Å². The Morgan fingerprint density at radius 1 is 1.33 bits per heavy atom. The first kappa shape index (κ1) is 16.6. The lowest BCUT2D eigenvalue weighted by molar-refractivity contribution is 0.0342. The normalized spacial score (nSPS) is 17.0. The molecule has 1 saturated heterocycles. The molecule has 1 amide bonds. The van der Waals surface area contributed by atoms with Crippen LogP contribution in [0, 0.1) is 5.82 Å². The van der Waals surface area contributed by atoms with Gasteiger partial charge in [-0.15, -0.1) is 0 Å². The van der Waals surface area contributed by atoms with Crippen LogP contribution in [-0.2, 0) is 10.3 Å². The topological polar surface area (TPSA) is 64.4 Å². The summed E-state index contributed by atoms with van der Waals surface area (Å²) in [6.45, 7) is 4.89. The van der Waals surface area contributed by atoms with E-state index in [9.17, 15) is 9.18 Å². The summed E-state index contributed by atoms with van der Waals surface area (Å²) in [6.07, 6.45) is 2.44. The van der Waals surface area contributed by atoms with Gasteiger partial charge in [-0.1, -0.05) is 26.0 Å². The molecule has 2 aromatic rings. The number of carbonyl (C=O) groups excluding carboxylic acids is 1. The summed E-state index contributed by atoms with van der Waals surface area (Å²) in [5.74, 6) is -0.0301. The molecule has 0 bridgehead atoms. The van der Waals surface area contributed by atoms with Gasteiger partial charge in [0.25, 0.3) is 5.91 Å². The minimum atomic E-state index is -0.662. The fourth-order valence-electron chi connectivity index (χ4n) is 3.10. The third kappa shape index (κ3) is 3.19. The van der Waals surface area contributed by atoms with E-state index in [1.54, 1.807) is 6.07 Å². The van der Waals surface area contributed by atoms with Crippen LogP contribution in [0.3, 0.4) is 0 Å². The number of nitrogens with zero attached hydrogens (tertiary/aromatic N) is 1. The SMILES string of the molecule is CC(C)c1ocnc1C(=O)NC1(c2cccc(F)c2)CCOCC1. The van der Waals surface area contributed by atoms with Gasteiger partial charge in [-0.05, 0) is 30.5 Å². The first-order valence-corrected chi connectivity index (χ1v) is 8.11. The standard InChI is InChI=1S/C18H21FN2O3/c1-12(2)16-15(20-11-24-16)17(22)21-18(6-8-23-9-7-18)13-4-3-5-14(19)10-13/h3-5,10-12H,6-9H2,1-2H3,(H,21,22). The molecule has 0 unspecified atom stereocenters. The monoisotopic (exact) mass is 332 g/mol. The van der Waals surface area contributed by atoms with Crippen LogP contribution in [0.15, 0.2) is 35.1 Å². The molecule has 0 saturated carbocycles. The number of carbonyl (C=O) groups is 1. The van der Waals surface area contributed by atoms with Crippen molar-refractivity contribution < 1.29 is 18.3 Å². The third-order valence-corrected chi connectivity index (χ3v) is 4.41. The predicted octanol–water partition coefficient (Wildman–Crippen LogP) is 3.37. The molecular weight excluding hydrogens is 311 g/mol. The molecule has 1 N–H and O–H groups in total. The smallest absolute Gasteiger partial charge is 0.274 e. The van der Waals surface area contributed by atoms with E-state index >= 15 is 0 Å². The van der Waals surface area contributed by atoms with E-state index in [-0.39, 0.29) is 23.3 Å². The molecule has 1 aliphatic rings. The summed E-state index contributed by atoms with van der Waals surface area (Å²) in [5.41, 5.74) is 0.367. The average Bonchev–Trinajstić information content (AvgIpc) is 3.06. The number of ether oxygens (including phenoxy) is 1. The van der Waals surface area contributed by atoms with Crippen LogP contribution < -0.4 is 5.32 Å². The summed E-state index contributed by atoms with van der Waals surface area (Å²) in [6, 6.07) is 6.36. The largest absolute Gasteiger partial charge is 0.447 e. The quantitative estimate of drug-likeness (QED) is 0.932. The minimum absolute atomic E-state index is 0.0491. The molecule has 1 aromatic heterocycles. The fourth-order valence-corrected chi connectivity index (χ4v) is 3.10. The molecule has 1 fully saturated rings. The van der Waals surface area contributed by atoms with Gasteiger partial charge in [0, 0.05) is 19.1 Å². The lowest BCUT2D eigenvalue weighted by Gasteiger charge is -2.38. The van der Waals surface area contributed by atoms with Crippen molar-refractivity contribution in [3.05, 3.63) is 53.5 Å². The summed E-state index contributed by atoms with van der Waals surface area (Å²) < 4.78 is 24.5. The van der Waals surface area contributed by atoms with Crippen LogP contribution in [0.4, 0.5) is 4.39 Å². The summed E-state index contributed by atoms with van der Waals surface area (Å²) in [7, 11) is 0. The van der Waals surface area contributed by atoms with Crippen LogP contribution >= 0.6 is 0 Å². The van der Waals surface area contributed by atoms with Gasteiger partial charge in [-0.3, -0.25) is 4.79 Å². The van der Waals surface area contributed by atoms with Crippen molar-refractivity contribution in [3.63, 3.8) is 0 Å². The molecule has 5 nitrogen and oxygen atoms in total. The van der Waals surface area contributed by atoms with Crippen molar-refractivity contribution in [1.29, 1.82) is 0 Å². The zero-order valence-corrected chi connectivity index (χ0v) is 13.8. The van der Waals surface area contributed by atoms with E-state index < -0.39 is 5.54 Å². The Morgan fingerprint density at radius 3 is 2.75 bits per heavy atom. The summed E-state index contributed by atoms with van der Waals surface area (Å²) >= 11 is 0. The van der Waals surface area contributed by atoms with Gasteiger partial charge in [0.1, 0.15) is 11.6 Å².